The van der Waals surface area contributed by atoms with E-state index in [4.69, 9.17) is 16.2 Å². The van der Waals surface area contributed by atoms with E-state index in [1.807, 2.05) is 6.92 Å². The molecule has 5 N–H and O–H groups in total. The summed E-state index contributed by atoms with van der Waals surface area (Å²) in [5.74, 6) is -1.66. The summed E-state index contributed by atoms with van der Waals surface area (Å²) in [5, 5.41) is 18.9. The van der Waals surface area contributed by atoms with Crippen molar-refractivity contribution in [2.75, 3.05) is 5.32 Å². The lowest BCUT2D eigenvalue weighted by Crippen LogP contribution is -2.22. The maximum atomic E-state index is 11.1. The molecule has 1 unspecified atom stereocenters. The first-order valence-corrected chi connectivity index (χ1v) is 4.99. The van der Waals surface area contributed by atoms with Crippen molar-refractivity contribution in [1.82, 2.24) is 0 Å². The van der Waals surface area contributed by atoms with Gasteiger partial charge >= 0.3 is 5.97 Å². The van der Waals surface area contributed by atoms with Gasteiger partial charge in [0, 0.05) is 5.69 Å². The minimum atomic E-state index is -0.875. The molecule has 1 aromatic carbocycles. The molecule has 0 saturated carbocycles. The van der Waals surface area contributed by atoms with Gasteiger partial charge in [-0.25, -0.2) is 0 Å². The summed E-state index contributed by atoms with van der Waals surface area (Å²) in [4.78, 5) is 11.1. The van der Waals surface area contributed by atoms with Gasteiger partial charge in [0.2, 0.25) is 0 Å². The lowest BCUT2D eigenvalue weighted by Gasteiger charge is -2.15. The Kier molecular flexibility index (Phi) is 3.88. The van der Waals surface area contributed by atoms with E-state index in [2.05, 4.69) is 5.32 Å². The lowest BCUT2D eigenvalue weighted by atomic mass is 9.95. The molecule has 86 valence electrons. The van der Waals surface area contributed by atoms with E-state index in [0.29, 0.717) is 17.7 Å². The first-order chi connectivity index (χ1) is 7.56. The van der Waals surface area contributed by atoms with Gasteiger partial charge < -0.3 is 16.2 Å². The van der Waals surface area contributed by atoms with Gasteiger partial charge in [-0.15, -0.1) is 0 Å². The first-order valence-electron chi connectivity index (χ1n) is 4.99. The molecule has 1 atom stereocenters. The molecule has 0 aromatic heterocycles. The molecule has 0 aliphatic carbocycles. The number of carboxylic acid groups (broad SMARTS) is 1. The number of para-hydroxylation sites is 1. The molecule has 1 aromatic rings. The van der Waals surface area contributed by atoms with Crippen LogP contribution in [0.15, 0.2) is 24.3 Å². The number of nitrogens with one attached hydrogen (secondary N) is 2. The second-order valence-electron chi connectivity index (χ2n) is 3.42. The average molecular weight is 221 g/mol. The zero-order chi connectivity index (χ0) is 12.1. The molecule has 1 rings (SSSR count). The summed E-state index contributed by atoms with van der Waals surface area (Å²) in [7, 11) is 0. The van der Waals surface area contributed by atoms with Crippen LogP contribution in [0.3, 0.4) is 0 Å². The molecule has 5 heteroatoms. The summed E-state index contributed by atoms with van der Waals surface area (Å²) in [6, 6.07) is 6.98. The quantitative estimate of drug-likeness (QED) is 0.458. The third-order valence-electron chi connectivity index (χ3n) is 2.31. The van der Waals surface area contributed by atoms with Crippen LogP contribution in [0.25, 0.3) is 0 Å². The van der Waals surface area contributed by atoms with Gasteiger partial charge in [0.05, 0.1) is 5.92 Å². The Morgan fingerprint density at radius 1 is 1.56 bits per heavy atom. The van der Waals surface area contributed by atoms with Gasteiger partial charge in [0.25, 0.3) is 0 Å². The van der Waals surface area contributed by atoms with Crippen LogP contribution in [0.2, 0.25) is 0 Å². The van der Waals surface area contributed by atoms with Gasteiger partial charge in [-0.1, -0.05) is 25.1 Å². The van der Waals surface area contributed by atoms with Crippen LogP contribution < -0.4 is 11.1 Å². The molecular formula is C11H15N3O2. The molecule has 0 aliphatic rings. The normalized spacial score (nSPS) is 11.8. The van der Waals surface area contributed by atoms with E-state index in [-0.39, 0.29) is 5.96 Å². The standard InChI is InChI=1S/C11H15N3O2/c1-2-7(10(15)16)8-5-3-4-6-9(8)14-11(12)13/h3-7H,2H2,1H3,(H,15,16)(H4,12,13,14). The lowest BCUT2D eigenvalue weighted by molar-refractivity contribution is -0.138. The molecule has 0 aliphatic heterocycles. The molecular weight excluding hydrogens is 206 g/mol. The number of carbonyl (C=O) groups is 1. The zero-order valence-electron chi connectivity index (χ0n) is 9.03. The molecule has 0 amide bonds. The number of aliphatic carboxylic acids is 1. The van der Waals surface area contributed by atoms with Crippen molar-refractivity contribution in [1.29, 1.82) is 5.41 Å². The molecule has 0 heterocycles. The predicted molar refractivity (Wildman–Crippen MR) is 62.6 cm³/mol. The number of benzene rings is 1. The van der Waals surface area contributed by atoms with E-state index in [0.717, 1.165) is 0 Å². The number of carboxylic acids is 1. The zero-order valence-corrected chi connectivity index (χ0v) is 9.03. The Bertz CT molecular complexity index is 404. The van der Waals surface area contributed by atoms with Crippen LogP contribution in [-0.4, -0.2) is 17.0 Å². The fourth-order valence-corrected chi connectivity index (χ4v) is 1.59. The predicted octanol–water partition coefficient (Wildman–Crippen LogP) is 1.57. The van der Waals surface area contributed by atoms with E-state index in [1.165, 1.54) is 0 Å². The van der Waals surface area contributed by atoms with E-state index in [9.17, 15) is 4.79 Å². The van der Waals surface area contributed by atoms with Gasteiger partial charge in [-0.2, -0.15) is 0 Å². The highest BCUT2D eigenvalue weighted by Crippen LogP contribution is 2.27. The van der Waals surface area contributed by atoms with E-state index < -0.39 is 11.9 Å². The highest BCUT2D eigenvalue weighted by atomic mass is 16.4. The third kappa shape index (κ3) is 2.73. The Hall–Kier alpha value is -2.04. The largest absolute Gasteiger partial charge is 0.481 e. The summed E-state index contributed by atoms with van der Waals surface area (Å²) in [5.41, 5.74) is 6.46. The van der Waals surface area contributed by atoms with Crippen molar-refractivity contribution >= 4 is 17.6 Å². The molecule has 0 bridgehead atoms. The van der Waals surface area contributed by atoms with Crippen LogP contribution >= 0.6 is 0 Å². The Balaban J connectivity index is 3.10. The number of guanidine groups is 1. The van der Waals surface area contributed by atoms with Crippen LogP contribution in [-0.2, 0) is 4.79 Å². The summed E-state index contributed by atoms with van der Waals surface area (Å²) >= 11 is 0. The summed E-state index contributed by atoms with van der Waals surface area (Å²) in [6.45, 7) is 1.81. The molecule has 16 heavy (non-hydrogen) atoms. The molecule has 0 radical (unpaired) electrons. The fraction of sp³-hybridized carbons (Fsp3) is 0.273. The third-order valence-corrected chi connectivity index (χ3v) is 2.31. The van der Waals surface area contributed by atoms with Gasteiger partial charge in [0.15, 0.2) is 5.96 Å². The van der Waals surface area contributed by atoms with E-state index in [1.54, 1.807) is 24.3 Å². The summed E-state index contributed by atoms with van der Waals surface area (Å²) in [6.07, 6.45) is 0.492. The first kappa shape index (κ1) is 12.0. The number of hydrogen-bond acceptors (Lipinski definition) is 2. The highest BCUT2D eigenvalue weighted by Gasteiger charge is 2.20. The number of hydrogen-bond donors (Lipinski definition) is 4. The Labute approximate surface area is 93.8 Å². The van der Waals surface area contributed by atoms with Crippen molar-refractivity contribution in [3.8, 4) is 0 Å². The average Bonchev–Trinajstić information content (AvgIpc) is 2.20. The number of anilines is 1. The smallest absolute Gasteiger partial charge is 0.311 e. The second-order valence-corrected chi connectivity index (χ2v) is 3.42. The number of nitrogens with two attached hydrogens (primary N) is 1. The van der Waals surface area contributed by atoms with Gasteiger partial charge in [0.1, 0.15) is 0 Å². The highest BCUT2D eigenvalue weighted by molar-refractivity contribution is 5.92. The molecule has 0 spiro atoms. The van der Waals surface area contributed by atoms with E-state index >= 15 is 0 Å². The van der Waals surface area contributed by atoms with Crippen LogP contribution in [0.4, 0.5) is 5.69 Å². The van der Waals surface area contributed by atoms with Crippen molar-refractivity contribution in [2.24, 2.45) is 5.73 Å². The van der Waals surface area contributed by atoms with Crippen LogP contribution in [0, 0.1) is 5.41 Å². The minimum absolute atomic E-state index is 0.201. The van der Waals surface area contributed by atoms with Crippen molar-refractivity contribution in [3.05, 3.63) is 29.8 Å². The van der Waals surface area contributed by atoms with Crippen LogP contribution in [0.1, 0.15) is 24.8 Å². The molecule has 0 fully saturated rings. The van der Waals surface area contributed by atoms with Gasteiger partial charge in [-0.3, -0.25) is 10.2 Å². The topological polar surface area (TPSA) is 99.2 Å². The fourth-order valence-electron chi connectivity index (χ4n) is 1.59. The Morgan fingerprint density at radius 2 is 2.19 bits per heavy atom. The van der Waals surface area contributed by atoms with Gasteiger partial charge in [-0.05, 0) is 18.1 Å². The summed E-state index contributed by atoms with van der Waals surface area (Å²) < 4.78 is 0. The van der Waals surface area contributed by atoms with Crippen molar-refractivity contribution in [3.63, 3.8) is 0 Å². The number of rotatable bonds is 4. The SMILES string of the molecule is CCC(C(=O)O)c1ccccc1NC(=N)N. The Morgan fingerprint density at radius 3 is 2.69 bits per heavy atom. The molecule has 0 saturated heterocycles. The van der Waals surface area contributed by atoms with Crippen molar-refractivity contribution < 1.29 is 9.90 Å². The monoisotopic (exact) mass is 221 g/mol. The maximum Gasteiger partial charge on any atom is 0.311 e. The molecule has 5 nitrogen and oxygen atoms in total. The minimum Gasteiger partial charge on any atom is -0.481 e. The maximum absolute atomic E-state index is 11.1. The second kappa shape index (κ2) is 5.16. The van der Waals surface area contributed by atoms with Crippen LogP contribution in [0.5, 0.6) is 0 Å². The van der Waals surface area contributed by atoms with Crippen molar-refractivity contribution in [2.45, 2.75) is 19.3 Å².